The molecule has 4 rings (SSSR count). The van der Waals surface area contributed by atoms with Crippen molar-refractivity contribution < 1.29 is 14.3 Å². The number of nitrogens with zero attached hydrogens (tertiary/aromatic N) is 1. The number of para-hydroxylation sites is 1. The third-order valence-electron chi connectivity index (χ3n) is 6.30. The first kappa shape index (κ1) is 24.3. The van der Waals surface area contributed by atoms with E-state index in [0.29, 0.717) is 12.1 Å². The van der Waals surface area contributed by atoms with Gasteiger partial charge in [0, 0.05) is 28.2 Å². The molecule has 1 atom stereocenters. The molecule has 0 aliphatic heterocycles. The van der Waals surface area contributed by atoms with Crippen LogP contribution < -0.4 is 15.4 Å². The number of ether oxygens (including phenoxy) is 1. The van der Waals surface area contributed by atoms with Gasteiger partial charge in [-0.05, 0) is 49.2 Å². The lowest BCUT2D eigenvalue weighted by atomic mass is 10.0. The third kappa shape index (κ3) is 5.62. The van der Waals surface area contributed by atoms with Crippen LogP contribution >= 0.6 is 0 Å². The maximum Gasteiger partial charge on any atom is 0.247 e. The molecule has 2 amide bonds. The van der Waals surface area contributed by atoms with Crippen molar-refractivity contribution in [3.8, 4) is 5.75 Å². The van der Waals surface area contributed by atoms with Crippen LogP contribution in [0.1, 0.15) is 43.9 Å². The number of carbonyl (C=O) groups is 2. The molecular weight excluding hydrogens is 440 g/mol. The van der Waals surface area contributed by atoms with Gasteiger partial charge in [-0.25, -0.2) is 0 Å². The van der Waals surface area contributed by atoms with Crippen LogP contribution in [0.2, 0.25) is 0 Å². The second-order valence-corrected chi connectivity index (χ2v) is 8.80. The van der Waals surface area contributed by atoms with E-state index >= 15 is 0 Å². The molecule has 0 bridgehead atoms. The zero-order valence-corrected chi connectivity index (χ0v) is 20.5. The number of hydrogen-bond donors (Lipinski definition) is 3. The van der Waals surface area contributed by atoms with E-state index < -0.39 is 6.04 Å². The van der Waals surface area contributed by atoms with Gasteiger partial charge in [0.15, 0.2) is 0 Å². The van der Waals surface area contributed by atoms with Gasteiger partial charge < -0.3 is 20.4 Å². The van der Waals surface area contributed by atoms with Gasteiger partial charge in [-0.3, -0.25) is 14.6 Å². The number of aromatic amines is 1. The summed E-state index contributed by atoms with van der Waals surface area (Å²) >= 11 is 0. The molecule has 3 N–H and O–H groups in total. The van der Waals surface area contributed by atoms with Gasteiger partial charge in [-0.15, -0.1) is 0 Å². The number of nitrogens with one attached hydrogen (secondary N) is 3. The Morgan fingerprint density at radius 2 is 1.94 bits per heavy atom. The molecule has 0 fully saturated rings. The Balaban J connectivity index is 1.52. The van der Waals surface area contributed by atoms with Crippen molar-refractivity contribution in [2.45, 2.75) is 52.0 Å². The zero-order chi connectivity index (χ0) is 24.8. The number of aromatic nitrogens is 2. The maximum atomic E-state index is 13.3. The predicted molar refractivity (Wildman–Crippen MR) is 140 cm³/mol. The second-order valence-electron chi connectivity index (χ2n) is 8.80. The quantitative estimate of drug-likeness (QED) is 0.274. The van der Waals surface area contributed by atoms with E-state index in [4.69, 9.17) is 4.74 Å². The maximum absolute atomic E-state index is 13.3. The SMILES string of the molecule is CCCCCC(NC(=O)Cc1c(C)[nH]c2ccc(OC)cc12)C(=O)Nc1cccc2cccnc12. The van der Waals surface area contributed by atoms with Crippen molar-refractivity contribution in [3.63, 3.8) is 0 Å². The average Bonchev–Trinajstić information content (AvgIpc) is 3.17. The number of methoxy groups -OCH3 is 1. The van der Waals surface area contributed by atoms with Crippen LogP contribution in [0.5, 0.6) is 5.75 Å². The number of rotatable bonds is 10. The number of aryl methyl sites for hydroxylation is 1. The van der Waals surface area contributed by atoms with Crippen molar-refractivity contribution >= 4 is 39.3 Å². The van der Waals surface area contributed by atoms with Crippen LogP contribution in [0.25, 0.3) is 21.8 Å². The topological polar surface area (TPSA) is 96.1 Å². The van der Waals surface area contributed by atoms with Crippen molar-refractivity contribution in [3.05, 3.63) is 66.0 Å². The minimum Gasteiger partial charge on any atom is -0.497 e. The molecule has 0 aliphatic rings. The Labute approximate surface area is 205 Å². The van der Waals surface area contributed by atoms with Gasteiger partial charge in [0.2, 0.25) is 11.8 Å². The molecule has 182 valence electrons. The fourth-order valence-corrected chi connectivity index (χ4v) is 4.41. The van der Waals surface area contributed by atoms with Crippen molar-refractivity contribution in [2.24, 2.45) is 0 Å². The number of amides is 2. The number of anilines is 1. The Morgan fingerprint density at radius 1 is 1.11 bits per heavy atom. The minimum absolute atomic E-state index is 0.173. The van der Waals surface area contributed by atoms with Crippen LogP contribution in [0, 0.1) is 6.92 Å². The van der Waals surface area contributed by atoms with E-state index in [0.717, 1.165) is 58.1 Å². The highest BCUT2D eigenvalue weighted by molar-refractivity contribution is 6.03. The van der Waals surface area contributed by atoms with Gasteiger partial charge in [0.05, 0.1) is 24.7 Å². The molecule has 2 aromatic carbocycles. The van der Waals surface area contributed by atoms with E-state index in [9.17, 15) is 9.59 Å². The molecular formula is C28H32N4O3. The molecule has 2 heterocycles. The fraction of sp³-hybridized carbons (Fsp3) is 0.321. The first-order valence-corrected chi connectivity index (χ1v) is 12.1. The third-order valence-corrected chi connectivity index (χ3v) is 6.30. The lowest BCUT2D eigenvalue weighted by molar-refractivity contribution is -0.126. The van der Waals surface area contributed by atoms with Crippen LogP contribution in [-0.2, 0) is 16.0 Å². The number of carbonyl (C=O) groups excluding carboxylic acids is 2. The second kappa shape index (κ2) is 11.0. The van der Waals surface area contributed by atoms with E-state index in [1.807, 2.05) is 55.5 Å². The van der Waals surface area contributed by atoms with Crippen molar-refractivity contribution in [1.29, 1.82) is 0 Å². The summed E-state index contributed by atoms with van der Waals surface area (Å²) in [5.74, 6) is 0.313. The number of hydrogen-bond acceptors (Lipinski definition) is 4. The van der Waals surface area contributed by atoms with Crippen LogP contribution in [0.3, 0.4) is 0 Å². The summed E-state index contributed by atoms with van der Waals surface area (Å²) in [5, 5.41) is 7.88. The van der Waals surface area contributed by atoms with Crippen LogP contribution in [-0.4, -0.2) is 34.9 Å². The van der Waals surface area contributed by atoms with Crippen molar-refractivity contribution in [1.82, 2.24) is 15.3 Å². The van der Waals surface area contributed by atoms with E-state index in [1.54, 1.807) is 13.3 Å². The first-order valence-electron chi connectivity index (χ1n) is 12.1. The molecule has 0 aliphatic carbocycles. The lowest BCUT2D eigenvalue weighted by Gasteiger charge is -2.19. The van der Waals surface area contributed by atoms with E-state index in [2.05, 4.69) is 27.5 Å². The van der Waals surface area contributed by atoms with Gasteiger partial charge in [-0.2, -0.15) is 0 Å². The van der Waals surface area contributed by atoms with Gasteiger partial charge in [0.1, 0.15) is 11.8 Å². The van der Waals surface area contributed by atoms with Crippen LogP contribution in [0.4, 0.5) is 5.69 Å². The molecule has 0 radical (unpaired) electrons. The number of H-pyrrole nitrogens is 1. The summed E-state index contributed by atoms with van der Waals surface area (Å²) < 4.78 is 5.36. The molecule has 7 heteroatoms. The highest BCUT2D eigenvalue weighted by Gasteiger charge is 2.23. The number of unbranched alkanes of at least 4 members (excludes halogenated alkanes) is 2. The smallest absolute Gasteiger partial charge is 0.247 e. The normalized spacial score (nSPS) is 12.0. The van der Waals surface area contributed by atoms with Gasteiger partial charge in [-0.1, -0.05) is 44.4 Å². The molecule has 7 nitrogen and oxygen atoms in total. The Bertz CT molecular complexity index is 1340. The summed E-state index contributed by atoms with van der Waals surface area (Å²) in [7, 11) is 1.62. The largest absolute Gasteiger partial charge is 0.497 e. The molecule has 4 aromatic rings. The Morgan fingerprint density at radius 3 is 2.74 bits per heavy atom. The summed E-state index contributed by atoms with van der Waals surface area (Å²) in [4.78, 5) is 34.1. The van der Waals surface area contributed by atoms with Gasteiger partial charge >= 0.3 is 0 Å². The molecule has 1 unspecified atom stereocenters. The minimum atomic E-state index is -0.631. The molecule has 2 aromatic heterocycles. The summed E-state index contributed by atoms with van der Waals surface area (Å²) in [5.41, 5.74) is 4.15. The van der Waals surface area contributed by atoms with E-state index in [-0.39, 0.29) is 18.2 Å². The first-order chi connectivity index (χ1) is 17.0. The molecule has 0 saturated carbocycles. The van der Waals surface area contributed by atoms with E-state index in [1.165, 1.54) is 0 Å². The molecule has 35 heavy (non-hydrogen) atoms. The average molecular weight is 473 g/mol. The fourth-order valence-electron chi connectivity index (χ4n) is 4.41. The Kier molecular flexibility index (Phi) is 7.65. The predicted octanol–water partition coefficient (Wildman–Crippen LogP) is 5.28. The van der Waals surface area contributed by atoms with Gasteiger partial charge in [0.25, 0.3) is 0 Å². The monoisotopic (exact) mass is 472 g/mol. The summed E-state index contributed by atoms with van der Waals surface area (Å²) in [6.45, 7) is 4.07. The molecule has 0 spiro atoms. The summed E-state index contributed by atoms with van der Waals surface area (Å²) in [6.07, 6.45) is 5.34. The highest BCUT2D eigenvalue weighted by atomic mass is 16.5. The summed E-state index contributed by atoms with van der Waals surface area (Å²) in [6, 6.07) is 14.6. The molecule has 0 saturated heterocycles. The standard InChI is InChI=1S/C28H32N4O3/c1-4-5-6-11-25(28(34)32-24-12-7-9-19-10-8-15-29-27(19)24)31-26(33)17-21-18(2)30-23-14-13-20(35-3)16-22(21)23/h7-10,12-16,25,30H,4-6,11,17H2,1-3H3,(H,31,33)(H,32,34). The highest BCUT2D eigenvalue weighted by Crippen LogP contribution is 2.27. The number of pyridine rings is 1. The number of benzene rings is 2. The van der Waals surface area contributed by atoms with Crippen LogP contribution in [0.15, 0.2) is 54.7 Å². The Hall–Kier alpha value is -3.87. The van der Waals surface area contributed by atoms with Crippen molar-refractivity contribution in [2.75, 3.05) is 12.4 Å². The number of fused-ring (bicyclic) bond motifs is 2. The zero-order valence-electron chi connectivity index (χ0n) is 20.5. The lowest BCUT2D eigenvalue weighted by Crippen LogP contribution is -2.44.